The third-order valence-electron chi connectivity index (χ3n) is 4.65. The van der Waals surface area contributed by atoms with Gasteiger partial charge < -0.3 is 15.2 Å². The summed E-state index contributed by atoms with van der Waals surface area (Å²) in [5.41, 5.74) is 6.36. The molecule has 3 heteroatoms. The number of hydrogen-bond donors (Lipinski definition) is 1. The van der Waals surface area contributed by atoms with Gasteiger partial charge in [0, 0.05) is 19.8 Å². The smallest absolute Gasteiger partial charge is 0.0750 e. The minimum Gasteiger partial charge on any atom is -0.380 e. The van der Waals surface area contributed by atoms with Gasteiger partial charge >= 0.3 is 0 Å². The van der Waals surface area contributed by atoms with Crippen LogP contribution in [-0.4, -0.2) is 32.0 Å². The Labute approximate surface area is 111 Å². The summed E-state index contributed by atoms with van der Waals surface area (Å²) >= 11 is 0. The quantitative estimate of drug-likeness (QED) is 0.793. The number of methoxy groups -OCH3 is 1. The van der Waals surface area contributed by atoms with Gasteiger partial charge in [-0.05, 0) is 44.4 Å². The Hall–Kier alpha value is -0.120. The van der Waals surface area contributed by atoms with Crippen LogP contribution in [0.2, 0.25) is 0 Å². The van der Waals surface area contributed by atoms with Gasteiger partial charge in [0.25, 0.3) is 0 Å². The van der Waals surface area contributed by atoms with Crippen molar-refractivity contribution in [3.8, 4) is 0 Å². The molecule has 2 fully saturated rings. The van der Waals surface area contributed by atoms with Crippen LogP contribution in [0.1, 0.15) is 57.8 Å². The summed E-state index contributed by atoms with van der Waals surface area (Å²) in [5, 5.41) is 0. The van der Waals surface area contributed by atoms with E-state index in [0.29, 0.717) is 12.0 Å². The van der Waals surface area contributed by atoms with Crippen LogP contribution >= 0.6 is 0 Å². The van der Waals surface area contributed by atoms with Gasteiger partial charge in [-0.2, -0.15) is 0 Å². The normalized spacial score (nSPS) is 29.3. The number of ether oxygens (including phenoxy) is 2. The maximum atomic E-state index is 6.36. The highest BCUT2D eigenvalue weighted by atomic mass is 16.5. The molecular weight excluding hydrogens is 226 g/mol. The van der Waals surface area contributed by atoms with Gasteiger partial charge in [0.2, 0.25) is 0 Å². The van der Waals surface area contributed by atoms with E-state index < -0.39 is 0 Å². The van der Waals surface area contributed by atoms with Crippen LogP contribution in [0, 0.1) is 5.92 Å². The first-order valence-corrected chi connectivity index (χ1v) is 7.71. The second-order valence-electron chi connectivity index (χ2n) is 5.97. The molecule has 0 aromatic heterocycles. The molecule has 1 aliphatic carbocycles. The van der Waals surface area contributed by atoms with Crippen LogP contribution < -0.4 is 5.73 Å². The Balaban J connectivity index is 1.74. The van der Waals surface area contributed by atoms with Crippen LogP contribution in [0.15, 0.2) is 0 Å². The highest BCUT2D eigenvalue weighted by Gasteiger charge is 2.29. The molecule has 3 atom stereocenters. The molecule has 106 valence electrons. The summed E-state index contributed by atoms with van der Waals surface area (Å²) in [6, 6.07) is 0.183. The fourth-order valence-electron chi connectivity index (χ4n) is 3.59. The van der Waals surface area contributed by atoms with Crippen LogP contribution in [0.25, 0.3) is 0 Å². The van der Waals surface area contributed by atoms with Crippen molar-refractivity contribution in [3.63, 3.8) is 0 Å². The van der Waals surface area contributed by atoms with Crippen molar-refractivity contribution >= 4 is 0 Å². The Morgan fingerprint density at radius 1 is 1.17 bits per heavy atom. The largest absolute Gasteiger partial charge is 0.380 e. The van der Waals surface area contributed by atoms with Crippen LogP contribution in [0.3, 0.4) is 0 Å². The summed E-state index contributed by atoms with van der Waals surface area (Å²) in [5.74, 6) is 0.684. The van der Waals surface area contributed by atoms with Crippen molar-refractivity contribution in [2.45, 2.75) is 76.0 Å². The zero-order valence-corrected chi connectivity index (χ0v) is 11.8. The van der Waals surface area contributed by atoms with E-state index in [2.05, 4.69) is 0 Å². The lowest BCUT2D eigenvalue weighted by molar-refractivity contribution is 0.0110. The second-order valence-corrected chi connectivity index (χ2v) is 5.97. The molecule has 0 bridgehead atoms. The highest BCUT2D eigenvalue weighted by Crippen LogP contribution is 2.30. The number of hydrogen-bond acceptors (Lipinski definition) is 3. The monoisotopic (exact) mass is 255 g/mol. The maximum Gasteiger partial charge on any atom is 0.0750 e. The zero-order chi connectivity index (χ0) is 12.8. The molecule has 2 rings (SSSR count). The fraction of sp³-hybridized carbons (Fsp3) is 1.00. The lowest BCUT2D eigenvalue weighted by atomic mass is 9.81. The lowest BCUT2D eigenvalue weighted by Crippen LogP contribution is -2.42. The molecule has 0 radical (unpaired) electrons. The molecule has 0 spiro atoms. The molecule has 3 unspecified atom stereocenters. The van der Waals surface area contributed by atoms with Gasteiger partial charge in [0.1, 0.15) is 0 Å². The molecule has 0 aromatic rings. The van der Waals surface area contributed by atoms with Crippen molar-refractivity contribution < 1.29 is 9.47 Å². The molecular formula is C15H29NO2. The molecule has 3 nitrogen and oxygen atoms in total. The van der Waals surface area contributed by atoms with E-state index in [0.717, 1.165) is 19.4 Å². The minimum absolute atomic E-state index is 0.183. The predicted molar refractivity (Wildman–Crippen MR) is 73.6 cm³/mol. The van der Waals surface area contributed by atoms with E-state index in [9.17, 15) is 0 Å². The van der Waals surface area contributed by atoms with Gasteiger partial charge in [0.05, 0.1) is 12.2 Å². The topological polar surface area (TPSA) is 44.5 Å². The first-order valence-electron chi connectivity index (χ1n) is 7.71. The fourth-order valence-corrected chi connectivity index (χ4v) is 3.59. The van der Waals surface area contributed by atoms with Gasteiger partial charge in [-0.3, -0.25) is 0 Å². The summed E-state index contributed by atoms with van der Waals surface area (Å²) in [4.78, 5) is 0. The van der Waals surface area contributed by atoms with Gasteiger partial charge in [-0.15, -0.1) is 0 Å². The van der Waals surface area contributed by atoms with Crippen molar-refractivity contribution in [2.75, 3.05) is 13.7 Å². The van der Waals surface area contributed by atoms with Crippen LogP contribution in [-0.2, 0) is 9.47 Å². The Kier molecular flexibility index (Phi) is 5.93. The van der Waals surface area contributed by atoms with Crippen molar-refractivity contribution in [1.82, 2.24) is 0 Å². The maximum absolute atomic E-state index is 6.36. The second kappa shape index (κ2) is 7.46. The van der Waals surface area contributed by atoms with Crippen molar-refractivity contribution in [3.05, 3.63) is 0 Å². The lowest BCUT2D eigenvalue weighted by Gasteiger charge is -2.33. The highest BCUT2D eigenvalue weighted by molar-refractivity contribution is 4.83. The summed E-state index contributed by atoms with van der Waals surface area (Å²) in [6.07, 6.45) is 12.0. The molecule has 1 heterocycles. The number of nitrogens with two attached hydrogens (primary N) is 1. The van der Waals surface area contributed by atoms with Crippen LogP contribution in [0.4, 0.5) is 0 Å². The average Bonchev–Trinajstić information content (AvgIpc) is 2.92. The standard InChI is InChI=1S/C15H29NO2/c1-17-15(12-6-3-2-4-7-12)14(16)10-9-13-8-5-11-18-13/h12-15H,2-11,16H2,1H3. The first-order chi connectivity index (χ1) is 8.81. The van der Waals surface area contributed by atoms with Gasteiger partial charge in [-0.25, -0.2) is 0 Å². The predicted octanol–water partition coefficient (Wildman–Crippen LogP) is 2.87. The average molecular weight is 255 g/mol. The number of rotatable bonds is 6. The van der Waals surface area contributed by atoms with E-state index in [1.54, 1.807) is 0 Å². The Bertz CT molecular complexity index is 223. The molecule has 1 saturated carbocycles. The Morgan fingerprint density at radius 3 is 2.56 bits per heavy atom. The molecule has 2 aliphatic rings. The van der Waals surface area contributed by atoms with E-state index in [1.165, 1.54) is 44.9 Å². The van der Waals surface area contributed by atoms with E-state index in [4.69, 9.17) is 15.2 Å². The third-order valence-corrected chi connectivity index (χ3v) is 4.65. The van der Waals surface area contributed by atoms with E-state index in [-0.39, 0.29) is 12.1 Å². The van der Waals surface area contributed by atoms with Crippen molar-refractivity contribution in [2.24, 2.45) is 11.7 Å². The minimum atomic E-state index is 0.183. The SMILES string of the molecule is COC(C(N)CCC1CCCO1)C1CCCCC1. The molecule has 0 aromatic carbocycles. The van der Waals surface area contributed by atoms with E-state index in [1.807, 2.05) is 7.11 Å². The molecule has 2 N–H and O–H groups in total. The molecule has 0 amide bonds. The summed E-state index contributed by atoms with van der Waals surface area (Å²) in [7, 11) is 1.82. The third kappa shape index (κ3) is 3.94. The summed E-state index contributed by atoms with van der Waals surface area (Å²) in [6.45, 7) is 0.941. The molecule has 1 saturated heterocycles. The van der Waals surface area contributed by atoms with Crippen molar-refractivity contribution in [1.29, 1.82) is 0 Å². The van der Waals surface area contributed by atoms with Gasteiger partial charge in [-0.1, -0.05) is 19.3 Å². The molecule has 1 aliphatic heterocycles. The summed E-state index contributed by atoms with van der Waals surface area (Å²) < 4.78 is 11.4. The van der Waals surface area contributed by atoms with Gasteiger partial charge in [0.15, 0.2) is 0 Å². The molecule has 18 heavy (non-hydrogen) atoms. The zero-order valence-electron chi connectivity index (χ0n) is 11.8. The Morgan fingerprint density at radius 2 is 1.94 bits per heavy atom. The van der Waals surface area contributed by atoms with E-state index >= 15 is 0 Å². The van der Waals surface area contributed by atoms with Crippen LogP contribution in [0.5, 0.6) is 0 Å². The first kappa shape index (κ1) is 14.3.